The minimum atomic E-state index is -0.547. The van der Waals surface area contributed by atoms with E-state index in [1.165, 1.54) is 0 Å². The summed E-state index contributed by atoms with van der Waals surface area (Å²) in [6.45, 7) is 4.24. The fraction of sp³-hybridized carbons (Fsp3) is 0.0909. The number of rotatable bonds is 9. The Hall–Kier alpha value is -4.90. The summed E-state index contributed by atoms with van der Waals surface area (Å²) in [7, 11) is 0. The molecule has 0 saturated heterocycles. The molecule has 5 rings (SSSR count). The van der Waals surface area contributed by atoms with E-state index in [4.69, 9.17) is 47.9 Å². The van der Waals surface area contributed by atoms with Crippen molar-refractivity contribution in [3.05, 3.63) is 141 Å². The summed E-state index contributed by atoms with van der Waals surface area (Å²) in [5, 5.41) is 11.0. The van der Waals surface area contributed by atoms with Gasteiger partial charge >= 0.3 is 5.97 Å². The highest BCUT2D eigenvalue weighted by atomic mass is 35.5. The zero-order valence-electron chi connectivity index (χ0n) is 22.2. The third-order valence-corrected chi connectivity index (χ3v) is 7.07. The molecule has 7 nitrogen and oxygen atoms in total. The van der Waals surface area contributed by atoms with Crippen molar-refractivity contribution in [1.29, 1.82) is 5.26 Å². The van der Waals surface area contributed by atoms with Gasteiger partial charge in [0, 0.05) is 27.2 Å². The smallest absolute Gasteiger partial charge is 0.343 e. The molecule has 0 bridgehead atoms. The topological polar surface area (TPSA) is 104 Å². The van der Waals surface area contributed by atoms with E-state index < -0.39 is 11.9 Å². The molecule has 1 unspecified atom stereocenters. The summed E-state index contributed by atoms with van der Waals surface area (Å²) < 4.78 is 22.7. The first-order valence-electron chi connectivity index (χ1n) is 12.8. The van der Waals surface area contributed by atoms with Crippen LogP contribution in [0.3, 0.4) is 0 Å². The predicted octanol–water partition coefficient (Wildman–Crippen LogP) is 7.57. The molecule has 0 spiro atoms. The second-order valence-electron chi connectivity index (χ2n) is 9.23. The fourth-order valence-electron chi connectivity index (χ4n) is 4.41. The Morgan fingerprint density at radius 2 is 1.64 bits per heavy atom. The summed E-state index contributed by atoms with van der Waals surface area (Å²) in [4.78, 5) is 12.7. The Labute approximate surface area is 252 Å². The largest absolute Gasteiger partial charge is 0.490 e. The van der Waals surface area contributed by atoms with Crippen LogP contribution in [0.2, 0.25) is 10.0 Å². The van der Waals surface area contributed by atoms with Crippen LogP contribution in [0.15, 0.2) is 109 Å². The number of nitrogens with zero attached hydrogens (tertiary/aromatic N) is 1. The van der Waals surface area contributed by atoms with E-state index in [1.807, 2.05) is 30.3 Å². The third kappa shape index (κ3) is 6.36. The van der Waals surface area contributed by atoms with Gasteiger partial charge in [0.05, 0.1) is 11.5 Å². The number of nitriles is 1. The van der Waals surface area contributed by atoms with Crippen LogP contribution in [0.1, 0.15) is 33.0 Å². The quantitative estimate of drug-likeness (QED) is 0.120. The molecule has 4 aromatic carbocycles. The van der Waals surface area contributed by atoms with Crippen molar-refractivity contribution in [2.45, 2.75) is 12.5 Å². The first kappa shape index (κ1) is 28.6. The number of hydrogen-bond donors (Lipinski definition) is 1. The molecule has 1 aliphatic rings. The van der Waals surface area contributed by atoms with Gasteiger partial charge in [0.1, 0.15) is 47.9 Å². The number of fused-ring (bicyclic) bond motifs is 1. The lowest BCUT2D eigenvalue weighted by molar-refractivity contribution is 0.0734. The second kappa shape index (κ2) is 12.7. The van der Waals surface area contributed by atoms with E-state index in [9.17, 15) is 10.1 Å². The summed E-state index contributed by atoms with van der Waals surface area (Å²) in [6.07, 6.45) is 1.64. The highest BCUT2D eigenvalue weighted by Crippen LogP contribution is 2.43. The van der Waals surface area contributed by atoms with Crippen LogP contribution >= 0.6 is 23.2 Å². The zero-order valence-corrected chi connectivity index (χ0v) is 23.7. The molecule has 1 heterocycles. The maximum Gasteiger partial charge on any atom is 0.343 e. The molecule has 0 aliphatic carbocycles. The van der Waals surface area contributed by atoms with Crippen LogP contribution in [0.25, 0.3) is 0 Å². The molecule has 1 atom stereocenters. The van der Waals surface area contributed by atoms with Crippen molar-refractivity contribution in [1.82, 2.24) is 0 Å². The van der Waals surface area contributed by atoms with Gasteiger partial charge in [0.15, 0.2) is 0 Å². The second-order valence-corrected chi connectivity index (χ2v) is 10.1. The average molecular weight is 599 g/mol. The van der Waals surface area contributed by atoms with Crippen molar-refractivity contribution in [3.63, 3.8) is 0 Å². The van der Waals surface area contributed by atoms with Crippen LogP contribution in [0, 0.1) is 11.3 Å². The molecule has 42 heavy (non-hydrogen) atoms. The van der Waals surface area contributed by atoms with Crippen molar-refractivity contribution < 1.29 is 23.7 Å². The van der Waals surface area contributed by atoms with Gasteiger partial charge in [-0.1, -0.05) is 60.1 Å². The van der Waals surface area contributed by atoms with E-state index in [0.29, 0.717) is 45.0 Å². The van der Waals surface area contributed by atoms with Gasteiger partial charge in [-0.15, -0.1) is 0 Å². The van der Waals surface area contributed by atoms with Crippen LogP contribution in [-0.4, -0.2) is 12.6 Å². The van der Waals surface area contributed by atoms with Crippen LogP contribution in [-0.2, 0) is 6.61 Å². The molecule has 0 amide bonds. The van der Waals surface area contributed by atoms with Crippen molar-refractivity contribution in [2.75, 3.05) is 6.61 Å². The van der Waals surface area contributed by atoms with E-state index in [-0.39, 0.29) is 23.8 Å². The van der Waals surface area contributed by atoms with Gasteiger partial charge in [0.2, 0.25) is 5.88 Å². The number of ether oxygens (including phenoxy) is 4. The number of nitrogens with two attached hydrogens (primary N) is 1. The Morgan fingerprint density at radius 1 is 0.952 bits per heavy atom. The highest BCUT2D eigenvalue weighted by Gasteiger charge is 2.31. The number of benzene rings is 4. The molecule has 0 fully saturated rings. The molecule has 0 aromatic heterocycles. The lowest BCUT2D eigenvalue weighted by Gasteiger charge is -2.26. The van der Waals surface area contributed by atoms with Gasteiger partial charge in [0.25, 0.3) is 0 Å². The predicted molar refractivity (Wildman–Crippen MR) is 160 cm³/mol. The van der Waals surface area contributed by atoms with E-state index >= 15 is 0 Å². The first-order valence-corrected chi connectivity index (χ1v) is 13.6. The monoisotopic (exact) mass is 598 g/mol. The zero-order chi connectivity index (χ0) is 29.6. The van der Waals surface area contributed by atoms with Gasteiger partial charge in [-0.25, -0.2) is 4.79 Å². The molecule has 9 heteroatoms. The normalized spacial score (nSPS) is 13.8. The number of allylic oxidation sites excluding steroid dienone is 1. The summed E-state index contributed by atoms with van der Waals surface area (Å²) in [5.74, 6) is 0.817. The average Bonchev–Trinajstić information content (AvgIpc) is 2.99. The van der Waals surface area contributed by atoms with Gasteiger partial charge < -0.3 is 24.7 Å². The Kier molecular flexibility index (Phi) is 8.68. The van der Waals surface area contributed by atoms with Crippen LogP contribution < -0.4 is 24.7 Å². The minimum Gasteiger partial charge on any atom is -0.490 e. The van der Waals surface area contributed by atoms with Crippen LogP contribution in [0.4, 0.5) is 0 Å². The molecule has 1 aliphatic heterocycles. The standard InChI is InChI=1S/C33H24Cl2N2O5/c1-2-15-39-24-11-6-21(7-12-24)33(38)41-26-13-14-27-30(17-26)42-32(37)28(18-36)31(27)20-4-9-25(10-5-20)40-19-22-3-8-23(34)16-29(22)35/h2-14,16-17,31H,1,15,19,37H2. The van der Waals surface area contributed by atoms with Crippen molar-refractivity contribution >= 4 is 29.2 Å². The van der Waals surface area contributed by atoms with Gasteiger partial charge in [-0.3, -0.25) is 0 Å². The number of esters is 1. The van der Waals surface area contributed by atoms with E-state index in [0.717, 1.165) is 11.1 Å². The van der Waals surface area contributed by atoms with Crippen molar-refractivity contribution in [2.24, 2.45) is 5.73 Å². The summed E-state index contributed by atoms with van der Waals surface area (Å²) >= 11 is 12.2. The molecule has 2 N–H and O–H groups in total. The highest BCUT2D eigenvalue weighted by molar-refractivity contribution is 6.35. The fourth-order valence-corrected chi connectivity index (χ4v) is 4.87. The summed E-state index contributed by atoms with van der Waals surface area (Å²) in [5.41, 5.74) is 9.08. The lowest BCUT2D eigenvalue weighted by atomic mass is 9.83. The van der Waals surface area contributed by atoms with Gasteiger partial charge in [-0.05, 0) is 60.2 Å². The molecule has 210 valence electrons. The number of carbonyl (C=O) groups excluding carboxylic acids is 1. The Morgan fingerprint density at radius 3 is 2.33 bits per heavy atom. The molecular formula is C33H24Cl2N2O5. The number of hydrogen-bond acceptors (Lipinski definition) is 7. The third-order valence-electron chi connectivity index (χ3n) is 6.48. The summed E-state index contributed by atoms with van der Waals surface area (Å²) in [6, 6.07) is 26.3. The van der Waals surface area contributed by atoms with E-state index in [1.54, 1.807) is 60.7 Å². The minimum absolute atomic E-state index is 0.0219. The maximum absolute atomic E-state index is 12.7. The number of halogens is 2. The lowest BCUT2D eigenvalue weighted by Crippen LogP contribution is -2.21. The maximum atomic E-state index is 12.7. The first-order chi connectivity index (χ1) is 20.4. The SMILES string of the molecule is C=CCOc1ccc(C(=O)Oc2ccc3c(c2)OC(N)=C(C#N)C3c2ccc(OCc3ccc(Cl)cc3Cl)cc2)cc1. The molecule has 4 aromatic rings. The number of carbonyl (C=O) groups is 1. The van der Waals surface area contributed by atoms with Crippen molar-refractivity contribution in [3.8, 4) is 29.1 Å². The Balaban J connectivity index is 1.33. The van der Waals surface area contributed by atoms with Crippen LogP contribution in [0.5, 0.6) is 23.0 Å². The molecular weight excluding hydrogens is 575 g/mol. The van der Waals surface area contributed by atoms with E-state index in [2.05, 4.69) is 12.6 Å². The van der Waals surface area contributed by atoms with Gasteiger partial charge in [-0.2, -0.15) is 5.26 Å². The Bertz CT molecular complexity index is 1710. The molecule has 0 saturated carbocycles. The molecule has 0 radical (unpaired) electrons.